The van der Waals surface area contributed by atoms with Gasteiger partial charge in [0.05, 0.1) is 6.10 Å². The van der Waals surface area contributed by atoms with E-state index in [1.807, 2.05) is 0 Å². The smallest absolute Gasteiger partial charge is 0.365 e. The van der Waals surface area contributed by atoms with E-state index in [2.05, 4.69) is 0 Å². The molecule has 2 rings (SSSR count). The van der Waals surface area contributed by atoms with Crippen LogP contribution in [0.1, 0.15) is 45.4 Å². The highest BCUT2D eigenvalue weighted by Gasteiger charge is 2.56. The Kier molecular flexibility index (Phi) is 3.66. The highest BCUT2D eigenvalue weighted by molar-refractivity contribution is 6.21. The molecule has 0 aromatic rings. The van der Waals surface area contributed by atoms with Crippen molar-refractivity contribution in [3.05, 3.63) is 0 Å². The monoisotopic (exact) mass is 270 g/mol. The van der Waals surface area contributed by atoms with Crippen LogP contribution in [0.15, 0.2) is 0 Å². The Morgan fingerprint density at radius 3 is 2.29 bits per heavy atom. The number of alkyl halides is 4. The van der Waals surface area contributed by atoms with Crippen molar-refractivity contribution in [1.29, 1.82) is 0 Å². The summed E-state index contributed by atoms with van der Waals surface area (Å²) >= 11 is 6.22. The predicted molar refractivity (Wildman–Crippen MR) is 60.2 cm³/mol. The summed E-state index contributed by atoms with van der Waals surface area (Å²) in [6.07, 6.45) is -0.598. The van der Waals surface area contributed by atoms with E-state index in [1.165, 1.54) is 0 Å². The fourth-order valence-electron chi connectivity index (χ4n) is 3.06. The fraction of sp³-hybridized carbons (Fsp3) is 1.00. The lowest BCUT2D eigenvalue weighted by atomic mass is 9.58. The van der Waals surface area contributed by atoms with Gasteiger partial charge in [-0.1, -0.05) is 19.3 Å². The van der Waals surface area contributed by atoms with Crippen molar-refractivity contribution in [3.63, 3.8) is 0 Å². The first-order valence-corrected chi connectivity index (χ1v) is 6.66. The summed E-state index contributed by atoms with van der Waals surface area (Å²) in [4.78, 5) is 0. The Morgan fingerprint density at radius 2 is 1.82 bits per heavy atom. The van der Waals surface area contributed by atoms with Gasteiger partial charge in [-0.2, -0.15) is 13.2 Å². The lowest BCUT2D eigenvalue weighted by Crippen LogP contribution is -2.58. The quantitative estimate of drug-likeness (QED) is 0.681. The number of hydrogen-bond donors (Lipinski definition) is 0. The molecule has 17 heavy (non-hydrogen) atoms. The summed E-state index contributed by atoms with van der Waals surface area (Å²) < 4.78 is 42.6. The van der Waals surface area contributed by atoms with Crippen LogP contribution in [0.25, 0.3) is 0 Å². The summed E-state index contributed by atoms with van der Waals surface area (Å²) in [6, 6.07) is 0. The maximum Gasteiger partial charge on any atom is 0.414 e. The zero-order chi connectivity index (χ0) is 12.7. The van der Waals surface area contributed by atoms with Gasteiger partial charge < -0.3 is 4.74 Å². The van der Waals surface area contributed by atoms with E-state index in [1.54, 1.807) is 0 Å². The van der Waals surface area contributed by atoms with Crippen LogP contribution in [0.5, 0.6) is 0 Å². The third kappa shape index (κ3) is 2.43. The van der Waals surface area contributed by atoms with E-state index < -0.39 is 12.3 Å². The summed E-state index contributed by atoms with van der Waals surface area (Å²) in [5.74, 6) is 0. The minimum Gasteiger partial charge on any atom is -0.365 e. The van der Waals surface area contributed by atoms with Gasteiger partial charge in [0, 0.05) is 10.8 Å². The second-order valence-electron chi connectivity index (χ2n) is 5.31. The van der Waals surface area contributed by atoms with Gasteiger partial charge in [-0.25, -0.2) is 0 Å². The van der Waals surface area contributed by atoms with Gasteiger partial charge in [-0.05, 0) is 26.2 Å². The van der Waals surface area contributed by atoms with Crippen LogP contribution >= 0.6 is 11.6 Å². The number of ether oxygens (including phenoxy) is 1. The Morgan fingerprint density at radius 1 is 1.24 bits per heavy atom. The number of halogens is 4. The van der Waals surface area contributed by atoms with Crippen LogP contribution in [0, 0.1) is 5.41 Å². The minimum atomic E-state index is -4.27. The molecule has 0 aliphatic heterocycles. The van der Waals surface area contributed by atoms with E-state index >= 15 is 0 Å². The normalized spacial score (nSPS) is 34.4. The average molecular weight is 271 g/mol. The Hall–Kier alpha value is 0.0400. The molecule has 0 saturated heterocycles. The molecular formula is C12H18ClF3O. The van der Waals surface area contributed by atoms with Crippen molar-refractivity contribution in [1.82, 2.24) is 0 Å². The van der Waals surface area contributed by atoms with Gasteiger partial charge >= 0.3 is 6.18 Å². The SMILES string of the molecule is CC(OC1CC(Cl)C12CCCCC2)C(F)(F)F. The molecule has 3 unspecified atom stereocenters. The molecule has 0 bridgehead atoms. The molecule has 0 aromatic carbocycles. The van der Waals surface area contributed by atoms with Crippen molar-refractivity contribution in [2.45, 2.75) is 69.2 Å². The third-order valence-corrected chi connectivity index (χ3v) is 4.91. The molecule has 3 atom stereocenters. The lowest BCUT2D eigenvalue weighted by Gasteiger charge is -2.55. The first-order valence-electron chi connectivity index (χ1n) is 6.22. The molecule has 2 aliphatic rings. The Bertz CT molecular complexity index is 273. The van der Waals surface area contributed by atoms with E-state index in [-0.39, 0.29) is 16.9 Å². The summed E-state index contributed by atoms with van der Waals surface area (Å²) in [7, 11) is 0. The van der Waals surface area contributed by atoms with Crippen molar-refractivity contribution >= 4 is 11.6 Å². The predicted octanol–water partition coefficient (Wildman–Crippen LogP) is 4.28. The fourth-order valence-corrected chi connectivity index (χ4v) is 3.58. The second-order valence-corrected chi connectivity index (χ2v) is 5.83. The van der Waals surface area contributed by atoms with Crippen LogP contribution in [-0.4, -0.2) is 23.8 Å². The van der Waals surface area contributed by atoms with Crippen molar-refractivity contribution in [2.75, 3.05) is 0 Å². The van der Waals surface area contributed by atoms with Gasteiger partial charge in [-0.15, -0.1) is 11.6 Å². The number of rotatable bonds is 2. The lowest BCUT2D eigenvalue weighted by molar-refractivity contribution is -0.257. The van der Waals surface area contributed by atoms with E-state index in [0.29, 0.717) is 6.42 Å². The molecule has 1 spiro atoms. The molecule has 0 radical (unpaired) electrons. The molecule has 5 heteroatoms. The van der Waals surface area contributed by atoms with E-state index in [4.69, 9.17) is 16.3 Å². The first kappa shape index (κ1) is 13.5. The van der Waals surface area contributed by atoms with Crippen LogP contribution < -0.4 is 0 Å². The summed E-state index contributed by atoms with van der Waals surface area (Å²) in [5.41, 5.74) is -0.181. The van der Waals surface area contributed by atoms with Crippen LogP contribution in [0.3, 0.4) is 0 Å². The van der Waals surface area contributed by atoms with Gasteiger partial charge in [-0.3, -0.25) is 0 Å². The molecule has 1 nitrogen and oxygen atoms in total. The largest absolute Gasteiger partial charge is 0.414 e. The zero-order valence-electron chi connectivity index (χ0n) is 9.89. The van der Waals surface area contributed by atoms with Gasteiger partial charge in [0.25, 0.3) is 0 Å². The van der Waals surface area contributed by atoms with Gasteiger partial charge in [0.1, 0.15) is 0 Å². The average Bonchev–Trinajstić information content (AvgIpc) is 2.28. The van der Waals surface area contributed by atoms with E-state index in [0.717, 1.165) is 39.0 Å². The zero-order valence-corrected chi connectivity index (χ0v) is 10.7. The Balaban J connectivity index is 1.98. The molecule has 2 fully saturated rings. The molecule has 2 saturated carbocycles. The number of hydrogen-bond acceptors (Lipinski definition) is 1. The van der Waals surface area contributed by atoms with Crippen molar-refractivity contribution in [3.8, 4) is 0 Å². The topological polar surface area (TPSA) is 9.23 Å². The van der Waals surface area contributed by atoms with Gasteiger partial charge in [0.2, 0.25) is 0 Å². The summed E-state index contributed by atoms with van der Waals surface area (Å²) in [6.45, 7) is 1.08. The molecule has 0 N–H and O–H groups in total. The van der Waals surface area contributed by atoms with Gasteiger partial charge in [0.15, 0.2) is 6.10 Å². The Labute approximate surface area is 105 Å². The standard InChI is InChI=1S/C12H18ClF3O/c1-8(12(14,15)16)17-10-7-9(13)11(10)5-3-2-4-6-11/h8-10H,2-7H2,1H3. The van der Waals surface area contributed by atoms with Crippen LogP contribution in [-0.2, 0) is 4.74 Å². The van der Waals surface area contributed by atoms with Crippen molar-refractivity contribution < 1.29 is 17.9 Å². The highest BCUT2D eigenvalue weighted by Crippen LogP contribution is 2.56. The maximum atomic E-state index is 12.5. The van der Waals surface area contributed by atoms with Crippen LogP contribution in [0.2, 0.25) is 0 Å². The second kappa shape index (κ2) is 4.61. The minimum absolute atomic E-state index is 0.00627. The molecule has 100 valence electrons. The third-order valence-electron chi connectivity index (χ3n) is 4.30. The molecule has 0 aromatic heterocycles. The maximum absolute atomic E-state index is 12.5. The molecule has 2 aliphatic carbocycles. The molecular weight excluding hydrogens is 253 g/mol. The molecule has 0 amide bonds. The van der Waals surface area contributed by atoms with Crippen LogP contribution in [0.4, 0.5) is 13.2 Å². The molecule has 0 heterocycles. The highest BCUT2D eigenvalue weighted by atomic mass is 35.5. The van der Waals surface area contributed by atoms with E-state index in [9.17, 15) is 13.2 Å². The first-order chi connectivity index (χ1) is 7.86. The summed E-state index contributed by atoms with van der Waals surface area (Å²) in [5, 5.41) is -0.00627. The van der Waals surface area contributed by atoms with Crippen molar-refractivity contribution in [2.24, 2.45) is 5.41 Å².